The van der Waals surface area contributed by atoms with Crippen molar-refractivity contribution in [1.82, 2.24) is 0 Å². The van der Waals surface area contributed by atoms with Gasteiger partial charge in [0.2, 0.25) is 0 Å². The Morgan fingerprint density at radius 1 is 0.700 bits per heavy atom. The first kappa shape index (κ1) is 16.3. The van der Waals surface area contributed by atoms with Crippen LogP contribution in [0.1, 0.15) is 0 Å². The molecule has 0 aromatic carbocycles. The molecule has 5 nitrogen and oxygen atoms in total. The standard InChI is InChI=1S/2C2H6O2.CH2O/c2*3-1-2-4;1-2/h2*3-4H,1-2H2;1H2. The van der Waals surface area contributed by atoms with Gasteiger partial charge in [0.1, 0.15) is 6.79 Å². The van der Waals surface area contributed by atoms with Crippen molar-refractivity contribution >= 4 is 6.79 Å². The summed E-state index contributed by atoms with van der Waals surface area (Å²) in [6, 6.07) is 0. The molecule has 0 rings (SSSR count). The first-order valence-corrected chi connectivity index (χ1v) is 2.55. The first-order valence-electron chi connectivity index (χ1n) is 2.55. The predicted molar refractivity (Wildman–Crippen MR) is 35.5 cm³/mol. The predicted octanol–water partition coefficient (Wildman–Crippen LogP) is -2.24. The van der Waals surface area contributed by atoms with Crippen LogP contribution in [0.4, 0.5) is 0 Å². The maximum absolute atomic E-state index is 8.00. The second-order valence-electron chi connectivity index (χ2n) is 0.894. The second-order valence-corrected chi connectivity index (χ2v) is 0.894. The van der Waals surface area contributed by atoms with Crippen molar-refractivity contribution < 1.29 is 25.2 Å². The average Bonchev–Trinajstić information content (AvgIpc) is 2.08. The quantitative estimate of drug-likeness (QED) is 0.360. The molecule has 4 N–H and O–H groups in total. The van der Waals surface area contributed by atoms with E-state index < -0.39 is 0 Å². The van der Waals surface area contributed by atoms with E-state index in [1.807, 2.05) is 6.79 Å². The zero-order chi connectivity index (χ0) is 8.83. The molecule has 0 fully saturated rings. The molecule has 0 spiro atoms. The maximum Gasteiger partial charge on any atom is 0.106 e. The van der Waals surface area contributed by atoms with Crippen LogP contribution >= 0.6 is 0 Å². The maximum atomic E-state index is 8.00. The van der Waals surface area contributed by atoms with E-state index in [1.54, 1.807) is 0 Å². The molecule has 0 aromatic rings. The van der Waals surface area contributed by atoms with Crippen molar-refractivity contribution in [2.24, 2.45) is 0 Å². The van der Waals surface area contributed by atoms with Crippen molar-refractivity contribution in [1.29, 1.82) is 0 Å². The molecule has 0 amide bonds. The van der Waals surface area contributed by atoms with Gasteiger partial charge in [-0.1, -0.05) is 0 Å². The third-order valence-electron chi connectivity index (χ3n) is 0.200. The van der Waals surface area contributed by atoms with Gasteiger partial charge in [-0.25, -0.2) is 0 Å². The van der Waals surface area contributed by atoms with Crippen LogP contribution in [0.2, 0.25) is 0 Å². The van der Waals surface area contributed by atoms with Crippen LogP contribution in [0, 0.1) is 0 Å². The fourth-order valence-corrected chi connectivity index (χ4v) is 0. The highest BCUT2D eigenvalue weighted by Crippen LogP contribution is 1.40. The summed E-state index contributed by atoms with van der Waals surface area (Å²) in [5.74, 6) is 0. The highest BCUT2D eigenvalue weighted by molar-refractivity contribution is 5.10. The number of rotatable bonds is 2. The number of carbonyl (C=O) groups is 1. The molecule has 0 radical (unpaired) electrons. The Bertz CT molecular complexity index is 25.2. The molecule has 5 heteroatoms. The summed E-state index contributed by atoms with van der Waals surface area (Å²) in [6.07, 6.45) is 0. The molecule has 0 aliphatic heterocycles. The lowest BCUT2D eigenvalue weighted by atomic mass is 10.8. The van der Waals surface area contributed by atoms with E-state index in [-0.39, 0.29) is 26.4 Å². The molecule has 0 heterocycles. The minimum Gasteiger partial charge on any atom is -0.394 e. The summed E-state index contributed by atoms with van der Waals surface area (Å²) >= 11 is 0. The molecule has 64 valence electrons. The van der Waals surface area contributed by atoms with Gasteiger partial charge in [-0.2, -0.15) is 0 Å². The Morgan fingerprint density at radius 2 is 0.800 bits per heavy atom. The number of hydrogen-bond acceptors (Lipinski definition) is 5. The summed E-state index contributed by atoms with van der Waals surface area (Å²) in [5.41, 5.74) is 0. The van der Waals surface area contributed by atoms with Crippen LogP contribution in [-0.4, -0.2) is 53.6 Å². The number of carbonyl (C=O) groups excluding carboxylic acids is 1. The summed E-state index contributed by atoms with van der Waals surface area (Å²) in [7, 11) is 0. The monoisotopic (exact) mass is 154 g/mol. The van der Waals surface area contributed by atoms with Crippen LogP contribution in [0.3, 0.4) is 0 Å². The fourth-order valence-electron chi connectivity index (χ4n) is 0. The topological polar surface area (TPSA) is 98.0 Å². The van der Waals surface area contributed by atoms with E-state index >= 15 is 0 Å². The normalized spacial score (nSPS) is 6.40. The van der Waals surface area contributed by atoms with Gasteiger partial charge < -0.3 is 25.2 Å². The molecule has 0 bridgehead atoms. The lowest BCUT2D eigenvalue weighted by molar-refractivity contribution is -0.0979. The zero-order valence-electron chi connectivity index (χ0n) is 5.73. The molecule has 0 unspecified atom stereocenters. The fraction of sp³-hybridized carbons (Fsp3) is 0.800. The van der Waals surface area contributed by atoms with E-state index in [0.29, 0.717) is 0 Å². The minimum atomic E-state index is -0.125. The number of aliphatic hydroxyl groups excluding tert-OH is 4. The van der Waals surface area contributed by atoms with Crippen LogP contribution in [-0.2, 0) is 4.79 Å². The summed E-state index contributed by atoms with van der Waals surface area (Å²) in [6.45, 7) is 1.50. The first-order chi connectivity index (χ1) is 4.83. The van der Waals surface area contributed by atoms with Crippen LogP contribution in [0.5, 0.6) is 0 Å². The molecule has 0 aliphatic carbocycles. The molecule has 10 heavy (non-hydrogen) atoms. The molecule has 0 aromatic heterocycles. The number of aliphatic hydroxyl groups is 4. The van der Waals surface area contributed by atoms with Crippen LogP contribution in [0.15, 0.2) is 0 Å². The van der Waals surface area contributed by atoms with E-state index in [1.165, 1.54) is 0 Å². The Labute approximate surface area is 59.5 Å². The van der Waals surface area contributed by atoms with Crippen molar-refractivity contribution in [3.63, 3.8) is 0 Å². The zero-order valence-corrected chi connectivity index (χ0v) is 5.73. The Hall–Kier alpha value is -0.490. The molecular weight excluding hydrogens is 140 g/mol. The third-order valence-corrected chi connectivity index (χ3v) is 0.200. The van der Waals surface area contributed by atoms with Gasteiger partial charge in [0.25, 0.3) is 0 Å². The van der Waals surface area contributed by atoms with Crippen LogP contribution in [0.25, 0.3) is 0 Å². The molecule has 0 aliphatic rings. The largest absolute Gasteiger partial charge is 0.394 e. The molecule has 0 saturated carbocycles. The highest BCUT2D eigenvalue weighted by Gasteiger charge is 1.58. The summed E-state index contributed by atoms with van der Waals surface area (Å²) < 4.78 is 0. The summed E-state index contributed by atoms with van der Waals surface area (Å²) in [4.78, 5) is 8.00. The Morgan fingerprint density at radius 3 is 0.800 bits per heavy atom. The second kappa shape index (κ2) is 39.0. The van der Waals surface area contributed by atoms with E-state index in [9.17, 15) is 0 Å². The van der Waals surface area contributed by atoms with Crippen LogP contribution < -0.4 is 0 Å². The third kappa shape index (κ3) is 140. The minimum absolute atomic E-state index is 0.125. The highest BCUT2D eigenvalue weighted by atomic mass is 16.3. The van der Waals surface area contributed by atoms with Gasteiger partial charge in [0.15, 0.2) is 0 Å². The smallest absolute Gasteiger partial charge is 0.106 e. The van der Waals surface area contributed by atoms with Crippen molar-refractivity contribution in [2.75, 3.05) is 26.4 Å². The van der Waals surface area contributed by atoms with E-state index in [4.69, 9.17) is 25.2 Å². The van der Waals surface area contributed by atoms with Crippen molar-refractivity contribution in [2.45, 2.75) is 0 Å². The van der Waals surface area contributed by atoms with Gasteiger partial charge in [-0.15, -0.1) is 0 Å². The van der Waals surface area contributed by atoms with Gasteiger partial charge in [0.05, 0.1) is 26.4 Å². The van der Waals surface area contributed by atoms with Crippen molar-refractivity contribution in [3.8, 4) is 0 Å². The van der Waals surface area contributed by atoms with Crippen molar-refractivity contribution in [3.05, 3.63) is 0 Å². The Balaban J connectivity index is -0.0000000787. The van der Waals surface area contributed by atoms with E-state index in [2.05, 4.69) is 0 Å². The average molecular weight is 154 g/mol. The Kier molecular flexibility index (Phi) is 63.3. The van der Waals surface area contributed by atoms with Gasteiger partial charge >= 0.3 is 0 Å². The van der Waals surface area contributed by atoms with E-state index in [0.717, 1.165) is 0 Å². The van der Waals surface area contributed by atoms with Gasteiger partial charge in [-0.05, 0) is 0 Å². The molecule has 0 saturated heterocycles. The van der Waals surface area contributed by atoms with Gasteiger partial charge in [0, 0.05) is 0 Å². The number of hydrogen-bond donors (Lipinski definition) is 4. The van der Waals surface area contributed by atoms with Gasteiger partial charge in [-0.3, -0.25) is 0 Å². The molecular formula is C5H14O5. The lowest BCUT2D eigenvalue weighted by Gasteiger charge is -1.70. The lowest BCUT2D eigenvalue weighted by Crippen LogP contribution is -1.85. The SMILES string of the molecule is C=O.OCCO.OCCO. The molecule has 0 atom stereocenters. The summed E-state index contributed by atoms with van der Waals surface area (Å²) in [5, 5.41) is 30.5.